The Hall–Kier alpha value is -1.69. The van der Waals surface area contributed by atoms with Crippen LogP contribution in [0.3, 0.4) is 0 Å². The van der Waals surface area contributed by atoms with Gasteiger partial charge in [-0.05, 0) is 13.8 Å². The monoisotopic (exact) mass is 311 g/mol. The highest BCUT2D eigenvalue weighted by Gasteiger charge is 2.32. The zero-order valence-electron chi connectivity index (χ0n) is 13.1. The van der Waals surface area contributed by atoms with Crippen molar-refractivity contribution in [2.75, 3.05) is 6.61 Å². The number of carbonyl (C=O) groups excluding carboxylic acids is 2. The molecule has 0 saturated heterocycles. The molecule has 0 unspecified atom stereocenters. The van der Waals surface area contributed by atoms with Gasteiger partial charge in [-0.15, -0.1) is 11.3 Å². The zero-order valence-corrected chi connectivity index (χ0v) is 13.9. The lowest BCUT2D eigenvalue weighted by molar-refractivity contribution is -0.138. The number of hydrogen-bond donors (Lipinski definition) is 0. The van der Waals surface area contributed by atoms with Crippen LogP contribution in [0.15, 0.2) is 4.79 Å². The average Bonchev–Trinajstić information content (AvgIpc) is 2.64. The standard InChI is InChI=1S/C15H21NO4S/c1-7-16-12(18)9(3)21-13(16)10(14(19)20-8-2)11(17)15(4,5)6/h3,7-8H2,1-2,4-6H3/b13-10-. The minimum Gasteiger partial charge on any atom is -0.462 e. The first kappa shape index (κ1) is 17.4. The predicted molar refractivity (Wildman–Crippen MR) is 83.5 cm³/mol. The number of ether oxygens (including phenoxy) is 1. The third-order valence-electron chi connectivity index (χ3n) is 2.87. The van der Waals surface area contributed by atoms with Crippen LogP contribution in [0.4, 0.5) is 0 Å². The Bertz CT molecular complexity index is 718. The summed E-state index contributed by atoms with van der Waals surface area (Å²) in [5, 5.41) is 0. The molecule has 0 fully saturated rings. The van der Waals surface area contributed by atoms with Crippen molar-refractivity contribution in [1.29, 1.82) is 0 Å². The molecular weight excluding hydrogens is 290 g/mol. The van der Waals surface area contributed by atoms with Gasteiger partial charge >= 0.3 is 5.97 Å². The van der Waals surface area contributed by atoms with Gasteiger partial charge in [0, 0.05) is 12.0 Å². The fourth-order valence-electron chi connectivity index (χ4n) is 1.79. The highest BCUT2D eigenvalue weighted by molar-refractivity contribution is 7.07. The summed E-state index contributed by atoms with van der Waals surface area (Å²) in [7, 11) is 0. The van der Waals surface area contributed by atoms with E-state index in [0.29, 0.717) is 15.7 Å². The van der Waals surface area contributed by atoms with E-state index in [0.717, 1.165) is 11.3 Å². The van der Waals surface area contributed by atoms with Crippen molar-refractivity contribution in [2.45, 2.75) is 41.2 Å². The summed E-state index contributed by atoms with van der Waals surface area (Å²) in [6.45, 7) is 12.8. The van der Waals surface area contributed by atoms with Crippen LogP contribution in [-0.2, 0) is 20.9 Å². The van der Waals surface area contributed by atoms with Crippen LogP contribution in [-0.4, -0.2) is 22.9 Å². The van der Waals surface area contributed by atoms with Crippen molar-refractivity contribution in [3.8, 4) is 0 Å². The highest BCUT2D eigenvalue weighted by Crippen LogP contribution is 2.21. The Balaban J connectivity index is 3.81. The molecular formula is C15H21NO4S. The van der Waals surface area contributed by atoms with Crippen molar-refractivity contribution in [2.24, 2.45) is 5.41 Å². The van der Waals surface area contributed by atoms with Gasteiger partial charge in [0.2, 0.25) is 0 Å². The first-order valence-electron chi connectivity index (χ1n) is 6.79. The first-order chi connectivity index (χ1) is 9.65. The Morgan fingerprint density at radius 3 is 2.29 bits per heavy atom. The van der Waals surface area contributed by atoms with Gasteiger partial charge in [-0.3, -0.25) is 14.2 Å². The molecule has 0 bridgehead atoms. The van der Waals surface area contributed by atoms with Crippen LogP contribution in [0.1, 0.15) is 34.6 Å². The Kier molecular flexibility index (Phi) is 5.28. The molecule has 1 heterocycles. The quantitative estimate of drug-likeness (QED) is 0.605. The summed E-state index contributed by atoms with van der Waals surface area (Å²) < 4.78 is 7.02. The van der Waals surface area contributed by atoms with Gasteiger partial charge in [0.15, 0.2) is 5.78 Å². The maximum atomic E-state index is 12.6. The Labute approximate surface area is 127 Å². The van der Waals surface area contributed by atoms with Crippen LogP contribution in [0, 0.1) is 5.41 Å². The van der Waals surface area contributed by atoms with Gasteiger partial charge in [-0.25, -0.2) is 4.79 Å². The number of Topliss-reactive ketones (excluding diaryl/α,β-unsaturated/α-hetero) is 1. The molecule has 0 aromatic carbocycles. The number of aromatic nitrogens is 1. The lowest BCUT2D eigenvalue weighted by Gasteiger charge is -2.18. The molecule has 0 amide bonds. The van der Waals surface area contributed by atoms with Gasteiger partial charge in [0.25, 0.3) is 5.56 Å². The normalized spacial score (nSPS) is 13.0. The lowest BCUT2D eigenvalue weighted by Crippen LogP contribution is -2.36. The molecule has 0 spiro atoms. The third-order valence-corrected chi connectivity index (χ3v) is 3.91. The van der Waals surface area contributed by atoms with Crippen molar-refractivity contribution in [1.82, 2.24) is 4.57 Å². The van der Waals surface area contributed by atoms with E-state index in [9.17, 15) is 14.4 Å². The van der Waals surface area contributed by atoms with E-state index in [1.807, 2.05) is 0 Å². The summed E-state index contributed by atoms with van der Waals surface area (Å²) in [5.74, 6) is -1.04. The molecule has 0 atom stereocenters. The molecule has 0 radical (unpaired) electrons. The fraction of sp³-hybridized carbons (Fsp3) is 0.533. The van der Waals surface area contributed by atoms with Crippen LogP contribution in [0.5, 0.6) is 0 Å². The van der Waals surface area contributed by atoms with Crippen LogP contribution in [0.2, 0.25) is 0 Å². The SMILES string of the molecule is C=c1s/c(=C(\C(=O)OCC)C(=O)C(C)(C)C)n(CC)c1=O. The molecule has 1 aromatic rings. The number of nitrogens with zero attached hydrogens (tertiary/aromatic N) is 1. The molecule has 0 N–H and O–H groups in total. The molecule has 0 aliphatic heterocycles. The second-order valence-corrected chi connectivity index (χ2v) is 6.64. The minimum absolute atomic E-state index is 0.0665. The smallest absolute Gasteiger partial charge is 0.344 e. The van der Waals surface area contributed by atoms with E-state index in [2.05, 4.69) is 6.58 Å². The maximum absolute atomic E-state index is 12.6. The van der Waals surface area contributed by atoms with Crippen molar-refractivity contribution < 1.29 is 14.3 Å². The number of carbonyl (C=O) groups is 2. The number of ketones is 1. The summed E-state index contributed by atoms with van der Waals surface area (Å²) in [5.41, 5.74) is -1.09. The summed E-state index contributed by atoms with van der Waals surface area (Å²) >= 11 is 1.05. The van der Waals surface area contributed by atoms with Gasteiger partial charge in [-0.2, -0.15) is 0 Å². The van der Waals surface area contributed by atoms with Crippen LogP contribution < -0.4 is 14.8 Å². The topological polar surface area (TPSA) is 65.4 Å². The average molecular weight is 311 g/mol. The number of hydrogen-bond acceptors (Lipinski definition) is 5. The second kappa shape index (κ2) is 6.39. The van der Waals surface area contributed by atoms with Gasteiger partial charge < -0.3 is 4.74 Å². The van der Waals surface area contributed by atoms with E-state index in [4.69, 9.17) is 4.74 Å². The van der Waals surface area contributed by atoms with Crippen molar-refractivity contribution in [3.05, 3.63) is 19.5 Å². The van der Waals surface area contributed by atoms with Gasteiger partial charge in [-0.1, -0.05) is 27.4 Å². The number of esters is 1. The maximum Gasteiger partial charge on any atom is 0.344 e. The summed E-state index contributed by atoms with van der Waals surface area (Å²) in [4.78, 5) is 36.8. The molecule has 0 aliphatic carbocycles. The first-order valence-corrected chi connectivity index (χ1v) is 7.61. The van der Waals surface area contributed by atoms with E-state index in [-0.39, 0.29) is 23.5 Å². The minimum atomic E-state index is -0.748. The molecule has 6 heteroatoms. The second-order valence-electron chi connectivity index (χ2n) is 5.55. The third kappa shape index (κ3) is 3.50. The summed E-state index contributed by atoms with van der Waals surface area (Å²) in [6.07, 6.45) is 0. The fourth-order valence-corrected chi connectivity index (χ4v) is 2.82. The van der Waals surface area contributed by atoms with Gasteiger partial charge in [0.05, 0.1) is 11.1 Å². The molecule has 0 aliphatic rings. The van der Waals surface area contributed by atoms with Crippen LogP contribution in [0.25, 0.3) is 12.2 Å². The molecule has 1 aromatic heterocycles. The number of rotatable bonds is 4. The van der Waals surface area contributed by atoms with Crippen molar-refractivity contribution in [3.63, 3.8) is 0 Å². The zero-order chi connectivity index (χ0) is 16.4. The molecule has 0 saturated carbocycles. The lowest BCUT2D eigenvalue weighted by atomic mass is 9.86. The molecule has 1 rings (SSSR count). The molecule has 21 heavy (non-hydrogen) atoms. The Morgan fingerprint density at radius 2 is 1.86 bits per heavy atom. The Morgan fingerprint density at radius 1 is 1.29 bits per heavy atom. The van der Waals surface area contributed by atoms with Gasteiger partial charge in [0.1, 0.15) is 10.2 Å². The largest absolute Gasteiger partial charge is 0.462 e. The van der Waals surface area contributed by atoms with E-state index in [1.165, 1.54) is 4.57 Å². The van der Waals surface area contributed by atoms with E-state index in [1.54, 1.807) is 34.6 Å². The van der Waals surface area contributed by atoms with E-state index >= 15 is 0 Å². The van der Waals surface area contributed by atoms with Crippen molar-refractivity contribution >= 4 is 35.2 Å². The number of thiazole rings is 1. The highest BCUT2D eigenvalue weighted by atomic mass is 32.1. The van der Waals surface area contributed by atoms with Crippen LogP contribution >= 0.6 is 11.3 Å². The molecule has 116 valence electrons. The van der Waals surface area contributed by atoms with E-state index < -0.39 is 11.4 Å². The molecule has 5 nitrogen and oxygen atoms in total. The predicted octanol–water partition coefficient (Wildman–Crippen LogP) is 0.669. The summed E-state index contributed by atoms with van der Waals surface area (Å²) in [6, 6.07) is 0.